The second kappa shape index (κ2) is 8.68. The van der Waals surface area contributed by atoms with E-state index in [2.05, 4.69) is 5.32 Å². The van der Waals surface area contributed by atoms with E-state index >= 15 is 0 Å². The second-order valence-corrected chi connectivity index (χ2v) is 6.48. The molecule has 27 heavy (non-hydrogen) atoms. The quantitative estimate of drug-likeness (QED) is 0.761. The molecule has 1 unspecified atom stereocenters. The van der Waals surface area contributed by atoms with Gasteiger partial charge in [-0.25, -0.2) is 0 Å². The lowest BCUT2D eigenvalue weighted by molar-refractivity contribution is -0.117. The summed E-state index contributed by atoms with van der Waals surface area (Å²) >= 11 is 0. The Kier molecular flexibility index (Phi) is 6.08. The second-order valence-electron chi connectivity index (χ2n) is 6.48. The van der Waals surface area contributed by atoms with Crippen LogP contribution in [0.1, 0.15) is 24.2 Å². The molecule has 1 N–H and O–H groups in total. The molecule has 0 spiro atoms. The van der Waals surface area contributed by atoms with E-state index in [9.17, 15) is 9.59 Å². The molecule has 6 heteroatoms. The predicted octanol–water partition coefficient (Wildman–Crippen LogP) is 2.99. The number of nitrogens with one attached hydrogen (secondary N) is 1. The van der Waals surface area contributed by atoms with Gasteiger partial charge in [-0.3, -0.25) is 14.5 Å². The van der Waals surface area contributed by atoms with Crippen LogP contribution in [-0.4, -0.2) is 48.9 Å². The van der Waals surface area contributed by atoms with Crippen molar-refractivity contribution in [3.63, 3.8) is 0 Å². The van der Waals surface area contributed by atoms with E-state index in [0.717, 1.165) is 11.5 Å². The Bertz CT molecular complexity index is 821. The number of nitrogens with zero attached hydrogens (tertiary/aromatic N) is 1. The third-order valence-electron chi connectivity index (χ3n) is 4.42. The summed E-state index contributed by atoms with van der Waals surface area (Å²) in [6.45, 7) is 5.42. The smallest absolute Gasteiger partial charge is 0.238 e. The van der Waals surface area contributed by atoms with Gasteiger partial charge in [0.05, 0.1) is 12.2 Å². The molecule has 3 rings (SSSR count). The van der Waals surface area contributed by atoms with E-state index in [1.165, 1.54) is 6.92 Å². The summed E-state index contributed by atoms with van der Waals surface area (Å²) in [6, 6.07) is 14.6. The summed E-state index contributed by atoms with van der Waals surface area (Å²) in [7, 11) is 0. The summed E-state index contributed by atoms with van der Waals surface area (Å²) in [5, 5.41) is 2.84. The largest absolute Gasteiger partial charge is 0.486 e. The summed E-state index contributed by atoms with van der Waals surface area (Å²) < 4.78 is 11.7. The molecule has 2 aromatic rings. The fourth-order valence-electron chi connectivity index (χ4n) is 3.04. The van der Waals surface area contributed by atoms with E-state index in [1.54, 1.807) is 24.3 Å². The standard InChI is InChI=1S/C21H24N2O4/c1-3-23(12-16-14-26-19-10-6-7-11-20(19)27-16)13-21(25)22-18-9-5-4-8-17(18)15(2)24/h4-11,16H,3,12-14H2,1-2H3,(H,22,25). The van der Waals surface area contributed by atoms with Crippen LogP contribution in [0.2, 0.25) is 0 Å². The normalized spacial score (nSPS) is 15.4. The van der Waals surface area contributed by atoms with E-state index in [-0.39, 0.29) is 24.3 Å². The molecule has 0 saturated heterocycles. The Hall–Kier alpha value is -2.86. The maximum atomic E-state index is 12.5. The lowest BCUT2D eigenvalue weighted by Gasteiger charge is -2.30. The number of hydrogen-bond acceptors (Lipinski definition) is 5. The molecule has 0 aromatic heterocycles. The molecule has 1 aliphatic heterocycles. The lowest BCUT2D eigenvalue weighted by Crippen LogP contribution is -2.43. The van der Waals surface area contributed by atoms with Crippen LogP contribution in [0, 0.1) is 0 Å². The number of likely N-dealkylation sites (N-methyl/N-ethyl adjacent to an activating group) is 1. The van der Waals surface area contributed by atoms with Gasteiger partial charge in [-0.2, -0.15) is 0 Å². The molecular formula is C21H24N2O4. The molecule has 1 atom stereocenters. The van der Waals surface area contributed by atoms with Gasteiger partial charge in [0.25, 0.3) is 0 Å². The number of ketones is 1. The summed E-state index contributed by atoms with van der Waals surface area (Å²) in [5.41, 5.74) is 1.05. The average Bonchev–Trinajstić information content (AvgIpc) is 2.67. The van der Waals surface area contributed by atoms with Gasteiger partial charge >= 0.3 is 0 Å². The Morgan fingerprint density at radius 2 is 1.81 bits per heavy atom. The zero-order valence-corrected chi connectivity index (χ0v) is 15.6. The van der Waals surface area contributed by atoms with Crippen molar-refractivity contribution in [3.8, 4) is 11.5 Å². The molecule has 0 bridgehead atoms. The first-order valence-electron chi connectivity index (χ1n) is 9.07. The number of hydrogen-bond donors (Lipinski definition) is 1. The van der Waals surface area contributed by atoms with Crippen molar-refractivity contribution >= 4 is 17.4 Å². The average molecular weight is 368 g/mol. The van der Waals surface area contributed by atoms with Crippen molar-refractivity contribution in [1.29, 1.82) is 0 Å². The number of carbonyl (C=O) groups excluding carboxylic acids is 2. The van der Waals surface area contributed by atoms with Gasteiger partial charge in [-0.15, -0.1) is 0 Å². The van der Waals surface area contributed by atoms with Crippen LogP contribution in [0.25, 0.3) is 0 Å². The summed E-state index contributed by atoms with van der Waals surface area (Å²) in [4.78, 5) is 26.2. The monoisotopic (exact) mass is 368 g/mol. The van der Waals surface area contributed by atoms with E-state index in [4.69, 9.17) is 9.47 Å². The highest BCUT2D eigenvalue weighted by Gasteiger charge is 2.23. The minimum absolute atomic E-state index is 0.0790. The van der Waals surface area contributed by atoms with Crippen LogP contribution in [0.5, 0.6) is 11.5 Å². The molecule has 1 amide bonds. The fourth-order valence-corrected chi connectivity index (χ4v) is 3.04. The molecule has 0 radical (unpaired) electrons. The van der Waals surface area contributed by atoms with Crippen molar-refractivity contribution < 1.29 is 19.1 Å². The van der Waals surface area contributed by atoms with Gasteiger partial charge in [-0.1, -0.05) is 31.2 Å². The van der Waals surface area contributed by atoms with Crippen LogP contribution in [0.15, 0.2) is 48.5 Å². The third-order valence-corrected chi connectivity index (χ3v) is 4.42. The molecule has 0 aliphatic carbocycles. The van der Waals surface area contributed by atoms with Crippen molar-refractivity contribution in [1.82, 2.24) is 4.90 Å². The Morgan fingerprint density at radius 1 is 1.11 bits per heavy atom. The number of fused-ring (bicyclic) bond motifs is 1. The SMILES string of the molecule is CCN(CC(=O)Nc1ccccc1C(C)=O)CC1COc2ccccc2O1. The van der Waals surface area contributed by atoms with Crippen molar-refractivity contribution in [2.24, 2.45) is 0 Å². The Morgan fingerprint density at radius 3 is 2.56 bits per heavy atom. The molecule has 6 nitrogen and oxygen atoms in total. The summed E-state index contributed by atoms with van der Waals surface area (Å²) in [6.07, 6.45) is -0.142. The van der Waals surface area contributed by atoms with E-state index in [0.29, 0.717) is 30.9 Å². The predicted molar refractivity (Wildman–Crippen MR) is 104 cm³/mol. The maximum absolute atomic E-state index is 12.5. The molecule has 0 saturated carbocycles. The van der Waals surface area contributed by atoms with Gasteiger partial charge in [0.1, 0.15) is 12.7 Å². The number of benzene rings is 2. The van der Waals surface area contributed by atoms with E-state index < -0.39 is 0 Å². The fraction of sp³-hybridized carbons (Fsp3) is 0.333. The van der Waals surface area contributed by atoms with Crippen molar-refractivity contribution in [2.45, 2.75) is 20.0 Å². The molecular weight excluding hydrogens is 344 g/mol. The van der Waals surface area contributed by atoms with Gasteiger partial charge in [-0.05, 0) is 37.7 Å². The number of amides is 1. The number of carbonyl (C=O) groups is 2. The van der Waals surface area contributed by atoms with Gasteiger partial charge in [0, 0.05) is 12.1 Å². The number of ether oxygens (including phenoxy) is 2. The van der Waals surface area contributed by atoms with Crippen molar-refractivity contribution in [3.05, 3.63) is 54.1 Å². The Labute approximate surface area is 159 Å². The Balaban J connectivity index is 1.58. The van der Waals surface area contributed by atoms with Gasteiger partial charge in [0.2, 0.25) is 5.91 Å². The summed E-state index contributed by atoms with van der Waals surface area (Å²) in [5.74, 6) is 1.23. The topological polar surface area (TPSA) is 67.9 Å². The van der Waals surface area contributed by atoms with Crippen LogP contribution in [0.4, 0.5) is 5.69 Å². The minimum Gasteiger partial charge on any atom is -0.486 e. The highest BCUT2D eigenvalue weighted by atomic mass is 16.6. The number of para-hydroxylation sites is 3. The first-order chi connectivity index (χ1) is 13.1. The number of Topliss-reactive ketones (excluding diaryl/α,β-unsaturated/α-hetero) is 1. The molecule has 1 aliphatic rings. The zero-order chi connectivity index (χ0) is 19.2. The zero-order valence-electron chi connectivity index (χ0n) is 15.6. The highest BCUT2D eigenvalue weighted by molar-refractivity contribution is 6.04. The van der Waals surface area contributed by atoms with Gasteiger partial charge in [0.15, 0.2) is 17.3 Å². The first kappa shape index (κ1) is 18.9. The highest BCUT2D eigenvalue weighted by Crippen LogP contribution is 2.31. The molecule has 0 fully saturated rings. The third kappa shape index (κ3) is 4.86. The minimum atomic E-state index is -0.164. The van der Waals surface area contributed by atoms with Crippen LogP contribution >= 0.6 is 0 Å². The first-order valence-corrected chi connectivity index (χ1v) is 9.07. The molecule has 142 valence electrons. The van der Waals surface area contributed by atoms with E-state index in [1.807, 2.05) is 36.1 Å². The van der Waals surface area contributed by atoms with Gasteiger partial charge < -0.3 is 14.8 Å². The maximum Gasteiger partial charge on any atom is 0.238 e. The number of rotatable bonds is 7. The van der Waals surface area contributed by atoms with Crippen LogP contribution in [-0.2, 0) is 4.79 Å². The number of anilines is 1. The van der Waals surface area contributed by atoms with Crippen LogP contribution in [0.3, 0.4) is 0 Å². The molecule has 1 heterocycles. The molecule has 2 aromatic carbocycles. The lowest BCUT2D eigenvalue weighted by atomic mass is 10.1. The van der Waals surface area contributed by atoms with Crippen LogP contribution < -0.4 is 14.8 Å². The van der Waals surface area contributed by atoms with Crippen molar-refractivity contribution in [2.75, 3.05) is 31.6 Å².